The number of hydrogen-bond acceptors (Lipinski definition) is 1. The van der Waals surface area contributed by atoms with E-state index in [-0.39, 0.29) is 6.10 Å². The van der Waals surface area contributed by atoms with Gasteiger partial charge in [0.05, 0.1) is 6.10 Å². The summed E-state index contributed by atoms with van der Waals surface area (Å²) in [5.74, 6) is 1.33. The Morgan fingerprint density at radius 2 is 1.76 bits per heavy atom. The average molecular weight is 253 g/mol. The predicted molar refractivity (Wildman–Crippen MR) is 72.3 cm³/mol. The molecular weight excluding hydrogens is 232 g/mol. The molecule has 2 heteroatoms. The molecule has 17 heavy (non-hydrogen) atoms. The van der Waals surface area contributed by atoms with Gasteiger partial charge in [0.15, 0.2) is 0 Å². The third-order valence-corrected chi connectivity index (χ3v) is 4.21. The molecule has 1 nitrogen and oxygen atoms in total. The number of aliphatic hydroxyl groups excluding tert-OH is 1. The van der Waals surface area contributed by atoms with Crippen LogP contribution in [-0.2, 0) is 6.42 Å². The fourth-order valence-corrected chi connectivity index (χ4v) is 2.83. The van der Waals surface area contributed by atoms with Crippen molar-refractivity contribution in [2.24, 2.45) is 11.8 Å². The molecule has 0 spiro atoms. The van der Waals surface area contributed by atoms with E-state index in [1.54, 1.807) is 0 Å². The van der Waals surface area contributed by atoms with Crippen molar-refractivity contribution in [3.8, 4) is 0 Å². The summed E-state index contributed by atoms with van der Waals surface area (Å²) in [6.07, 6.45) is 5.45. The Kier molecular flexibility index (Phi) is 4.47. The van der Waals surface area contributed by atoms with E-state index < -0.39 is 0 Å². The van der Waals surface area contributed by atoms with Crippen LogP contribution in [0.15, 0.2) is 24.3 Å². The zero-order valence-corrected chi connectivity index (χ0v) is 11.2. The van der Waals surface area contributed by atoms with E-state index in [4.69, 9.17) is 11.6 Å². The first kappa shape index (κ1) is 12.9. The summed E-state index contributed by atoms with van der Waals surface area (Å²) >= 11 is 5.85. The van der Waals surface area contributed by atoms with Crippen molar-refractivity contribution < 1.29 is 5.11 Å². The van der Waals surface area contributed by atoms with Crippen LogP contribution in [0.3, 0.4) is 0 Å². The summed E-state index contributed by atoms with van der Waals surface area (Å²) in [6.45, 7) is 2.31. The van der Waals surface area contributed by atoms with Crippen molar-refractivity contribution >= 4 is 11.6 Å². The highest BCUT2D eigenvalue weighted by atomic mass is 35.5. The Bertz CT molecular complexity index is 338. The molecule has 1 N–H and O–H groups in total. The Labute approximate surface area is 109 Å². The van der Waals surface area contributed by atoms with Gasteiger partial charge in [-0.25, -0.2) is 0 Å². The van der Waals surface area contributed by atoms with Gasteiger partial charge in [0.2, 0.25) is 0 Å². The molecular formula is C15H21ClO. The van der Waals surface area contributed by atoms with Crippen LogP contribution in [0.1, 0.15) is 38.2 Å². The van der Waals surface area contributed by atoms with Crippen molar-refractivity contribution in [2.75, 3.05) is 0 Å². The lowest BCUT2D eigenvalue weighted by molar-refractivity contribution is 0.0761. The van der Waals surface area contributed by atoms with Crippen LogP contribution in [0, 0.1) is 11.8 Å². The first-order valence-corrected chi connectivity index (χ1v) is 6.95. The third-order valence-electron chi connectivity index (χ3n) is 3.96. The van der Waals surface area contributed by atoms with Gasteiger partial charge in [0.25, 0.3) is 0 Å². The summed E-state index contributed by atoms with van der Waals surface area (Å²) < 4.78 is 0. The molecule has 94 valence electrons. The monoisotopic (exact) mass is 252 g/mol. The second-order valence-corrected chi connectivity index (χ2v) is 5.85. The van der Waals surface area contributed by atoms with E-state index in [0.717, 1.165) is 17.4 Å². The van der Waals surface area contributed by atoms with E-state index in [0.29, 0.717) is 5.92 Å². The zero-order valence-electron chi connectivity index (χ0n) is 10.4. The molecule has 1 fully saturated rings. The van der Waals surface area contributed by atoms with Gasteiger partial charge < -0.3 is 5.11 Å². The molecule has 0 amide bonds. The van der Waals surface area contributed by atoms with Crippen molar-refractivity contribution in [1.82, 2.24) is 0 Å². The minimum atomic E-state index is -0.191. The van der Waals surface area contributed by atoms with E-state index in [9.17, 15) is 5.11 Å². The second kappa shape index (κ2) is 5.88. The third kappa shape index (κ3) is 3.72. The number of benzene rings is 1. The smallest absolute Gasteiger partial charge is 0.0608 e. The molecule has 0 radical (unpaired) electrons. The molecule has 1 aliphatic rings. The highest BCUT2D eigenvalue weighted by Gasteiger charge is 2.24. The SMILES string of the molecule is CC1CCC(C(O)Cc2ccc(Cl)cc2)CC1. The maximum Gasteiger partial charge on any atom is 0.0608 e. The number of rotatable bonds is 3. The standard InChI is InChI=1S/C15H21ClO/c1-11-2-6-13(7-3-11)15(17)10-12-4-8-14(16)9-5-12/h4-5,8-9,11,13,15,17H,2-3,6-7,10H2,1H3. The van der Waals surface area contributed by atoms with Crippen molar-refractivity contribution in [3.63, 3.8) is 0 Å². The van der Waals surface area contributed by atoms with Crippen LogP contribution in [0.5, 0.6) is 0 Å². The largest absolute Gasteiger partial charge is 0.392 e. The van der Waals surface area contributed by atoms with E-state index in [1.807, 2.05) is 24.3 Å². The highest BCUT2D eigenvalue weighted by molar-refractivity contribution is 6.30. The van der Waals surface area contributed by atoms with Crippen LogP contribution in [0.4, 0.5) is 0 Å². The maximum absolute atomic E-state index is 10.2. The topological polar surface area (TPSA) is 20.2 Å². The van der Waals surface area contributed by atoms with Gasteiger partial charge in [-0.2, -0.15) is 0 Å². The van der Waals surface area contributed by atoms with E-state index in [2.05, 4.69) is 6.92 Å². The molecule has 1 atom stereocenters. The molecule has 2 rings (SSSR count). The van der Waals surface area contributed by atoms with Gasteiger partial charge >= 0.3 is 0 Å². The predicted octanol–water partition coefficient (Wildman–Crippen LogP) is 4.07. The molecule has 0 aromatic heterocycles. The van der Waals surface area contributed by atoms with Crippen molar-refractivity contribution in [3.05, 3.63) is 34.9 Å². The molecule has 0 saturated heterocycles. The molecule has 1 saturated carbocycles. The fourth-order valence-electron chi connectivity index (χ4n) is 2.70. The minimum absolute atomic E-state index is 0.191. The summed E-state index contributed by atoms with van der Waals surface area (Å²) in [6, 6.07) is 7.81. The number of aliphatic hydroxyl groups is 1. The van der Waals surface area contributed by atoms with Crippen molar-refractivity contribution in [2.45, 2.75) is 45.1 Å². The lowest BCUT2D eigenvalue weighted by Gasteiger charge is -2.29. The normalized spacial score (nSPS) is 26.8. The molecule has 0 bridgehead atoms. The summed E-state index contributed by atoms with van der Waals surface area (Å²) in [4.78, 5) is 0. The molecule has 0 aliphatic heterocycles. The van der Waals surface area contributed by atoms with Gasteiger partial charge in [0.1, 0.15) is 0 Å². The van der Waals surface area contributed by atoms with Gasteiger partial charge in [-0.05, 0) is 48.8 Å². The fraction of sp³-hybridized carbons (Fsp3) is 0.600. The van der Waals surface area contributed by atoms with Crippen LogP contribution in [-0.4, -0.2) is 11.2 Å². The Balaban J connectivity index is 1.88. The van der Waals surface area contributed by atoms with Crippen LogP contribution in [0.25, 0.3) is 0 Å². The highest BCUT2D eigenvalue weighted by Crippen LogP contribution is 2.31. The van der Waals surface area contributed by atoms with Crippen LogP contribution < -0.4 is 0 Å². The average Bonchev–Trinajstić information content (AvgIpc) is 2.33. The minimum Gasteiger partial charge on any atom is -0.392 e. The first-order valence-electron chi connectivity index (χ1n) is 6.57. The van der Waals surface area contributed by atoms with Crippen LogP contribution >= 0.6 is 11.6 Å². The quantitative estimate of drug-likeness (QED) is 0.860. The molecule has 1 aromatic carbocycles. The lowest BCUT2D eigenvalue weighted by atomic mass is 9.79. The second-order valence-electron chi connectivity index (χ2n) is 5.42. The summed E-state index contributed by atoms with van der Waals surface area (Å²) in [5, 5.41) is 11.0. The lowest BCUT2D eigenvalue weighted by Crippen LogP contribution is -2.26. The van der Waals surface area contributed by atoms with Gasteiger partial charge in [0, 0.05) is 5.02 Å². The van der Waals surface area contributed by atoms with Gasteiger partial charge in [-0.3, -0.25) is 0 Å². The Hall–Kier alpha value is -0.530. The number of halogens is 1. The van der Waals surface area contributed by atoms with Crippen LogP contribution in [0.2, 0.25) is 5.02 Å². The Morgan fingerprint density at radius 1 is 1.18 bits per heavy atom. The summed E-state index contributed by atoms with van der Waals surface area (Å²) in [5.41, 5.74) is 1.18. The number of hydrogen-bond donors (Lipinski definition) is 1. The summed E-state index contributed by atoms with van der Waals surface area (Å²) in [7, 11) is 0. The van der Waals surface area contributed by atoms with Crippen molar-refractivity contribution in [1.29, 1.82) is 0 Å². The van der Waals surface area contributed by atoms with E-state index >= 15 is 0 Å². The maximum atomic E-state index is 10.2. The molecule has 0 heterocycles. The molecule has 1 aromatic rings. The van der Waals surface area contributed by atoms with Gasteiger partial charge in [-0.15, -0.1) is 0 Å². The Morgan fingerprint density at radius 3 is 2.35 bits per heavy atom. The zero-order chi connectivity index (χ0) is 12.3. The molecule has 1 unspecified atom stereocenters. The van der Waals surface area contributed by atoms with Gasteiger partial charge in [-0.1, -0.05) is 43.5 Å². The molecule has 1 aliphatic carbocycles. The first-order chi connectivity index (χ1) is 8.15. The van der Waals surface area contributed by atoms with E-state index in [1.165, 1.54) is 31.2 Å².